The molecule has 1 unspecified atom stereocenters. The van der Waals surface area contributed by atoms with E-state index in [-0.39, 0.29) is 11.5 Å². The lowest BCUT2D eigenvalue weighted by Gasteiger charge is -2.23. The summed E-state index contributed by atoms with van der Waals surface area (Å²) in [5.41, 5.74) is 2.33. The lowest BCUT2D eigenvalue weighted by Crippen LogP contribution is -2.24. The average molecular weight is 287 g/mol. The van der Waals surface area contributed by atoms with Crippen molar-refractivity contribution in [3.05, 3.63) is 35.7 Å². The summed E-state index contributed by atoms with van der Waals surface area (Å²) in [5.74, 6) is 0.847. The van der Waals surface area contributed by atoms with Gasteiger partial charge in [-0.05, 0) is 47.4 Å². The summed E-state index contributed by atoms with van der Waals surface area (Å²) in [4.78, 5) is 0. The molecular weight excluding hydrogens is 262 g/mol. The SMILES string of the molecule is CCCNC(C)c1nnnn1-c1ccccc1C(C)(C)C. The number of nitrogens with one attached hydrogen (secondary N) is 1. The average Bonchev–Trinajstić information content (AvgIpc) is 2.93. The topological polar surface area (TPSA) is 55.6 Å². The van der Waals surface area contributed by atoms with Gasteiger partial charge in [0.25, 0.3) is 0 Å². The minimum absolute atomic E-state index is 0.0416. The third kappa shape index (κ3) is 3.47. The Morgan fingerprint density at radius 2 is 1.95 bits per heavy atom. The van der Waals surface area contributed by atoms with E-state index in [2.05, 4.69) is 73.7 Å². The summed E-state index contributed by atoms with van der Waals surface area (Å²) >= 11 is 0. The van der Waals surface area contributed by atoms with Crippen LogP contribution in [0.25, 0.3) is 5.69 Å². The molecule has 0 aliphatic heterocycles. The van der Waals surface area contributed by atoms with Crippen LogP contribution in [0.3, 0.4) is 0 Å². The summed E-state index contributed by atoms with van der Waals surface area (Å²) in [6, 6.07) is 8.43. The van der Waals surface area contributed by atoms with E-state index in [4.69, 9.17) is 0 Å². The van der Waals surface area contributed by atoms with E-state index in [9.17, 15) is 0 Å². The van der Waals surface area contributed by atoms with Gasteiger partial charge in [-0.25, -0.2) is 0 Å². The van der Waals surface area contributed by atoms with Crippen LogP contribution in [0.15, 0.2) is 24.3 Å². The molecule has 1 aromatic carbocycles. The molecule has 5 nitrogen and oxygen atoms in total. The van der Waals surface area contributed by atoms with Crippen molar-refractivity contribution in [3.63, 3.8) is 0 Å². The molecule has 2 aromatic rings. The van der Waals surface area contributed by atoms with Crippen LogP contribution >= 0.6 is 0 Å². The molecule has 1 N–H and O–H groups in total. The van der Waals surface area contributed by atoms with Crippen molar-refractivity contribution in [2.45, 2.75) is 52.5 Å². The highest BCUT2D eigenvalue weighted by atomic mass is 15.5. The van der Waals surface area contributed by atoms with Crippen molar-refractivity contribution in [1.29, 1.82) is 0 Å². The maximum atomic E-state index is 4.21. The van der Waals surface area contributed by atoms with Gasteiger partial charge in [0, 0.05) is 0 Å². The van der Waals surface area contributed by atoms with Crippen LogP contribution in [0.4, 0.5) is 0 Å². The Labute approximate surface area is 126 Å². The van der Waals surface area contributed by atoms with Gasteiger partial charge in [0.1, 0.15) is 0 Å². The molecule has 0 fully saturated rings. The molecule has 114 valence electrons. The minimum atomic E-state index is 0.0416. The number of benzene rings is 1. The fourth-order valence-corrected chi connectivity index (χ4v) is 2.38. The molecule has 0 spiro atoms. The molecule has 0 aliphatic carbocycles. The number of nitrogens with zero attached hydrogens (tertiary/aromatic N) is 4. The van der Waals surface area contributed by atoms with E-state index in [0.717, 1.165) is 24.5 Å². The highest BCUT2D eigenvalue weighted by Crippen LogP contribution is 2.28. The van der Waals surface area contributed by atoms with Crippen LogP contribution in [0.1, 0.15) is 58.5 Å². The molecule has 1 heterocycles. The van der Waals surface area contributed by atoms with Gasteiger partial charge in [-0.15, -0.1) is 5.10 Å². The van der Waals surface area contributed by atoms with Crippen LogP contribution < -0.4 is 5.32 Å². The zero-order chi connectivity index (χ0) is 15.5. The van der Waals surface area contributed by atoms with Gasteiger partial charge >= 0.3 is 0 Å². The zero-order valence-corrected chi connectivity index (χ0v) is 13.6. The van der Waals surface area contributed by atoms with E-state index >= 15 is 0 Å². The van der Waals surface area contributed by atoms with Crippen molar-refractivity contribution in [3.8, 4) is 5.69 Å². The van der Waals surface area contributed by atoms with Crippen molar-refractivity contribution >= 4 is 0 Å². The molecule has 0 saturated carbocycles. The summed E-state index contributed by atoms with van der Waals surface area (Å²) < 4.78 is 1.86. The molecule has 0 saturated heterocycles. The molecule has 1 atom stereocenters. The van der Waals surface area contributed by atoms with Gasteiger partial charge in [0.15, 0.2) is 5.82 Å². The van der Waals surface area contributed by atoms with Gasteiger partial charge in [0.05, 0.1) is 11.7 Å². The van der Waals surface area contributed by atoms with Crippen LogP contribution in [0.2, 0.25) is 0 Å². The van der Waals surface area contributed by atoms with Gasteiger partial charge in [-0.1, -0.05) is 45.9 Å². The van der Waals surface area contributed by atoms with E-state index < -0.39 is 0 Å². The van der Waals surface area contributed by atoms with Crippen LogP contribution in [-0.2, 0) is 5.41 Å². The molecule has 5 heteroatoms. The first-order valence-corrected chi connectivity index (χ1v) is 7.56. The molecule has 0 radical (unpaired) electrons. The highest BCUT2D eigenvalue weighted by molar-refractivity contribution is 5.44. The molecular formula is C16H25N5. The van der Waals surface area contributed by atoms with Crippen molar-refractivity contribution in [2.24, 2.45) is 0 Å². The quantitative estimate of drug-likeness (QED) is 0.918. The number of hydrogen-bond acceptors (Lipinski definition) is 4. The first-order valence-electron chi connectivity index (χ1n) is 7.56. The number of para-hydroxylation sites is 1. The van der Waals surface area contributed by atoms with E-state index in [0.29, 0.717) is 0 Å². The number of hydrogen-bond donors (Lipinski definition) is 1. The highest BCUT2D eigenvalue weighted by Gasteiger charge is 2.22. The molecule has 0 bridgehead atoms. The molecule has 0 aliphatic rings. The zero-order valence-electron chi connectivity index (χ0n) is 13.6. The second-order valence-corrected chi connectivity index (χ2v) is 6.39. The van der Waals surface area contributed by atoms with Gasteiger partial charge in [-0.3, -0.25) is 0 Å². The van der Waals surface area contributed by atoms with Crippen molar-refractivity contribution in [1.82, 2.24) is 25.5 Å². The van der Waals surface area contributed by atoms with Gasteiger partial charge < -0.3 is 5.32 Å². The van der Waals surface area contributed by atoms with E-state index in [1.807, 2.05) is 10.7 Å². The summed E-state index contributed by atoms with van der Waals surface area (Å²) in [6.45, 7) is 11.8. The third-order valence-corrected chi connectivity index (χ3v) is 3.52. The van der Waals surface area contributed by atoms with E-state index in [1.165, 1.54) is 5.56 Å². The van der Waals surface area contributed by atoms with Crippen LogP contribution in [-0.4, -0.2) is 26.8 Å². The Bertz CT molecular complexity index is 582. The van der Waals surface area contributed by atoms with Crippen molar-refractivity contribution in [2.75, 3.05) is 6.54 Å². The van der Waals surface area contributed by atoms with Gasteiger partial charge in [-0.2, -0.15) is 4.68 Å². The molecule has 1 aromatic heterocycles. The normalized spacial score (nSPS) is 13.4. The summed E-state index contributed by atoms with van der Waals surface area (Å²) in [7, 11) is 0. The molecule has 21 heavy (non-hydrogen) atoms. The number of rotatable bonds is 5. The Kier molecular flexibility index (Phi) is 4.73. The fraction of sp³-hybridized carbons (Fsp3) is 0.562. The molecule has 2 rings (SSSR count). The third-order valence-electron chi connectivity index (χ3n) is 3.52. The maximum Gasteiger partial charge on any atom is 0.173 e. The lowest BCUT2D eigenvalue weighted by molar-refractivity contribution is 0.526. The van der Waals surface area contributed by atoms with Crippen LogP contribution in [0.5, 0.6) is 0 Å². The first kappa shape index (κ1) is 15.6. The fourth-order valence-electron chi connectivity index (χ4n) is 2.38. The molecule has 0 amide bonds. The van der Waals surface area contributed by atoms with Crippen LogP contribution in [0, 0.1) is 0 Å². The van der Waals surface area contributed by atoms with Gasteiger partial charge in [0.2, 0.25) is 0 Å². The predicted octanol–water partition coefficient (Wildman–Crippen LogP) is 3.02. The maximum absolute atomic E-state index is 4.21. The van der Waals surface area contributed by atoms with E-state index in [1.54, 1.807) is 0 Å². The number of tetrazole rings is 1. The summed E-state index contributed by atoms with van der Waals surface area (Å²) in [5, 5.41) is 15.7. The second kappa shape index (κ2) is 6.35. The Balaban J connectivity index is 2.43. The predicted molar refractivity (Wildman–Crippen MR) is 84.6 cm³/mol. The Hall–Kier alpha value is -1.75. The first-order chi connectivity index (χ1) is 9.95. The second-order valence-electron chi connectivity index (χ2n) is 6.39. The number of aromatic nitrogens is 4. The van der Waals surface area contributed by atoms with Crippen molar-refractivity contribution < 1.29 is 0 Å². The Morgan fingerprint density at radius 1 is 1.24 bits per heavy atom. The largest absolute Gasteiger partial charge is 0.307 e. The minimum Gasteiger partial charge on any atom is -0.307 e. The monoisotopic (exact) mass is 287 g/mol. The standard InChI is InChI=1S/C16H25N5/c1-6-11-17-12(2)15-18-19-20-21(15)14-10-8-7-9-13(14)16(3,4)5/h7-10,12,17H,6,11H2,1-5H3. The Morgan fingerprint density at radius 3 is 2.62 bits per heavy atom. The summed E-state index contributed by atoms with van der Waals surface area (Å²) in [6.07, 6.45) is 1.09. The lowest BCUT2D eigenvalue weighted by atomic mass is 9.86. The smallest absolute Gasteiger partial charge is 0.173 e.